The lowest BCUT2D eigenvalue weighted by Crippen LogP contribution is -2.41. The van der Waals surface area contributed by atoms with Crippen LogP contribution in [-0.4, -0.2) is 22.4 Å². The molecule has 2 aromatic carbocycles. The summed E-state index contributed by atoms with van der Waals surface area (Å²) in [6.07, 6.45) is 3.42. The van der Waals surface area contributed by atoms with Crippen LogP contribution in [0, 0.1) is 0 Å². The van der Waals surface area contributed by atoms with Crippen molar-refractivity contribution in [2.45, 2.75) is 31.2 Å². The molecule has 0 bridgehead atoms. The van der Waals surface area contributed by atoms with Crippen molar-refractivity contribution in [3.05, 3.63) is 53.1 Å². The van der Waals surface area contributed by atoms with Crippen molar-refractivity contribution in [1.82, 2.24) is 0 Å². The van der Waals surface area contributed by atoms with Crippen LogP contribution in [0.25, 0.3) is 6.08 Å². The molecular weight excluding hydrogens is 320 g/mol. The Hall–Kier alpha value is -2.66. The van der Waals surface area contributed by atoms with E-state index in [0.29, 0.717) is 17.1 Å². The zero-order valence-electron chi connectivity index (χ0n) is 13.9. The number of phenols is 1. The van der Waals surface area contributed by atoms with E-state index < -0.39 is 17.3 Å². The standard InChI is InChI=1S/C20H18O5/c1-19(2)6-5-11-7-16-13(9-15(11)25-19)18-20(22,10-23-16)14-4-3-12(21)8-17(14)24-18/h3-9,18,21-22H,10H2,1-2H3/t18-,20+/m0/s1. The summed E-state index contributed by atoms with van der Waals surface area (Å²) in [4.78, 5) is 0. The molecule has 5 nitrogen and oxygen atoms in total. The number of hydrogen-bond donors (Lipinski definition) is 2. The molecule has 0 saturated heterocycles. The van der Waals surface area contributed by atoms with Crippen molar-refractivity contribution < 1.29 is 24.4 Å². The van der Waals surface area contributed by atoms with E-state index in [2.05, 4.69) is 0 Å². The number of benzene rings is 2. The Morgan fingerprint density at radius 1 is 1.08 bits per heavy atom. The number of rotatable bonds is 0. The summed E-state index contributed by atoms with van der Waals surface area (Å²) in [5.41, 5.74) is 0.633. The Morgan fingerprint density at radius 3 is 2.76 bits per heavy atom. The van der Waals surface area contributed by atoms with Crippen LogP contribution >= 0.6 is 0 Å². The highest BCUT2D eigenvalue weighted by atomic mass is 16.5. The van der Waals surface area contributed by atoms with Gasteiger partial charge in [0.2, 0.25) is 0 Å². The van der Waals surface area contributed by atoms with Crippen LogP contribution in [0.4, 0.5) is 0 Å². The van der Waals surface area contributed by atoms with Crippen molar-refractivity contribution in [2.24, 2.45) is 0 Å². The summed E-state index contributed by atoms with van der Waals surface area (Å²) in [6, 6.07) is 8.55. The first-order chi connectivity index (χ1) is 11.9. The Kier molecular flexibility index (Phi) is 2.63. The Labute approximate surface area is 145 Å². The molecular formula is C20H18O5. The van der Waals surface area contributed by atoms with Crippen LogP contribution in [0.2, 0.25) is 0 Å². The first-order valence-corrected chi connectivity index (χ1v) is 8.27. The zero-order valence-corrected chi connectivity index (χ0v) is 13.9. The number of phenolic OH excluding ortho intramolecular Hbond substituents is 1. The van der Waals surface area contributed by atoms with Gasteiger partial charge in [0.15, 0.2) is 11.7 Å². The summed E-state index contributed by atoms with van der Waals surface area (Å²) in [5.74, 6) is 1.99. The second-order valence-corrected chi connectivity index (χ2v) is 7.36. The van der Waals surface area contributed by atoms with Gasteiger partial charge in [-0.2, -0.15) is 0 Å². The van der Waals surface area contributed by atoms with E-state index in [1.165, 1.54) is 6.07 Å². The van der Waals surface area contributed by atoms with Crippen molar-refractivity contribution in [3.8, 4) is 23.0 Å². The van der Waals surface area contributed by atoms with Gasteiger partial charge in [0.05, 0.1) is 0 Å². The lowest BCUT2D eigenvalue weighted by atomic mass is 9.84. The minimum atomic E-state index is -1.29. The fourth-order valence-corrected chi connectivity index (χ4v) is 3.74. The van der Waals surface area contributed by atoms with Crippen LogP contribution in [0.1, 0.15) is 36.6 Å². The molecule has 128 valence electrons. The second-order valence-electron chi connectivity index (χ2n) is 7.36. The van der Waals surface area contributed by atoms with E-state index in [9.17, 15) is 10.2 Å². The second kappa shape index (κ2) is 4.49. The molecule has 0 unspecified atom stereocenters. The number of aliphatic hydroxyl groups is 1. The van der Waals surface area contributed by atoms with Crippen LogP contribution < -0.4 is 14.2 Å². The molecule has 0 fully saturated rings. The topological polar surface area (TPSA) is 68.2 Å². The smallest absolute Gasteiger partial charge is 0.168 e. The molecule has 0 aromatic heterocycles. The molecule has 3 heterocycles. The summed E-state index contributed by atoms with van der Waals surface area (Å²) < 4.78 is 17.9. The quantitative estimate of drug-likeness (QED) is 0.771. The maximum atomic E-state index is 11.2. The minimum absolute atomic E-state index is 0.0945. The van der Waals surface area contributed by atoms with E-state index in [0.717, 1.165) is 16.9 Å². The highest BCUT2D eigenvalue weighted by molar-refractivity contribution is 5.66. The SMILES string of the molecule is CC1(C)C=Cc2cc3c(cc2O1)[C@@H]1Oc2cc(O)ccc2[C@]1(O)CO3. The number of hydrogen-bond acceptors (Lipinski definition) is 5. The highest BCUT2D eigenvalue weighted by Gasteiger charge is 2.53. The Morgan fingerprint density at radius 2 is 1.92 bits per heavy atom. The van der Waals surface area contributed by atoms with Gasteiger partial charge < -0.3 is 24.4 Å². The lowest BCUT2D eigenvalue weighted by molar-refractivity contribution is -0.0865. The fourth-order valence-electron chi connectivity index (χ4n) is 3.74. The molecule has 5 rings (SSSR count). The Bertz CT molecular complexity index is 930. The molecule has 3 aliphatic heterocycles. The first-order valence-electron chi connectivity index (χ1n) is 8.27. The van der Waals surface area contributed by atoms with Crippen LogP contribution in [0.15, 0.2) is 36.4 Å². The van der Waals surface area contributed by atoms with E-state index >= 15 is 0 Å². The van der Waals surface area contributed by atoms with Gasteiger partial charge in [-0.3, -0.25) is 0 Å². The van der Waals surface area contributed by atoms with Gasteiger partial charge in [-0.25, -0.2) is 0 Å². The van der Waals surface area contributed by atoms with Gasteiger partial charge in [-0.15, -0.1) is 0 Å². The van der Waals surface area contributed by atoms with Crippen LogP contribution in [-0.2, 0) is 5.60 Å². The summed E-state index contributed by atoms with van der Waals surface area (Å²) in [6.45, 7) is 4.07. The third-order valence-corrected chi connectivity index (χ3v) is 5.02. The van der Waals surface area contributed by atoms with Crippen LogP contribution in [0.5, 0.6) is 23.0 Å². The van der Waals surface area contributed by atoms with Crippen molar-refractivity contribution >= 4 is 6.08 Å². The number of aromatic hydroxyl groups is 1. The summed E-state index contributed by atoms with van der Waals surface area (Å²) in [5, 5.41) is 20.9. The average Bonchev–Trinajstić information content (AvgIpc) is 2.85. The number of fused-ring (bicyclic) bond motifs is 6. The first kappa shape index (κ1) is 14.7. The molecule has 0 saturated carbocycles. The normalized spacial score (nSPS) is 27.1. The monoisotopic (exact) mass is 338 g/mol. The molecule has 3 aliphatic rings. The third-order valence-electron chi connectivity index (χ3n) is 5.02. The molecule has 2 N–H and O–H groups in total. The minimum Gasteiger partial charge on any atom is -0.508 e. The Balaban J connectivity index is 1.64. The molecule has 0 aliphatic carbocycles. The van der Waals surface area contributed by atoms with Crippen molar-refractivity contribution in [2.75, 3.05) is 6.61 Å². The van der Waals surface area contributed by atoms with E-state index in [4.69, 9.17) is 14.2 Å². The molecule has 0 radical (unpaired) electrons. The maximum absolute atomic E-state index is 11.2. The van der Waals surface area contributed by atoms with Gasteiger partial charge >= 0.3 is 0 Å². The van der Waals surface area contributed by atoms with E-state index in [1.54, 1.807) is 12.1 Å². The van der Waals surface area contributed by atoms with E-state index in [1.807, 2.05) is 38.1 Å². The van der Waals surface area contributed by atoms with Gasteiger partial charge in [0.1, 0.15) is 35.2 Å². The van der Waals surface area contributed by atoms with Gasteiger partial charge in [0.25, 0.3) is 0 Å². The van der Waals surface area contributed by atoms with E-state index in [-0.39, 0.29) is 12.4 Å². The molecule has 0 amide bonds. The molecule has 25 heavy (non-hydrogen) atoms. The fraction of sp³-hybridized carbons (Fsp3) is 0.300. The predicted octanol–water partition coefficient (Wildman–Crippen LogP) is 3.29. The summed E-state index contributed by atoms with van der Waals surface area (Å²) in [7, 11) is 0. The van der Waals surface area contributed by atoms with Crippen molar-refractivity contribution in [1.29, 1.82) is 0 Å². The third kappa shape index (κ3) is 1.99. The average molecular weight is 338 g/mol. The molecule has 5 heteroatoms. The molecule has 2 aromatic rings. The van der Waals surface area contributed by atoms with Crippen molar-refractivity contribution in [3.63, 3.8) is 0 Å². The summed E-state index contributed by atoms with van der Waals surface area (Å²) >= 11 is 0. The predicted molar refractivity (Wildman–Crippen MR) is 91.1 cm³/mol. The zero-order chi connectivity index (χ0) is 17.4. The van der Waals surface area contributed by atoms with Gasteiger partial charge in [-0.1, -0.05) is 6.08 Å². The highest BCUT2D eigenvalue weighted by Crippen LogP contribution is 2.55. The number of ether oxygens (including phenoxy) is 3. The maximum Gasteiger partial charge on any atom is 0.168 e. The van der Waals surface area contributed by atoms with Gasteiger partial charge in [-0.05, 0) is 44.2 Å². The molecule has 2 atom stereocenters. The largest absolute Gasteiger partial charge is 0.508 e. The van der Waals surface area contributed by atoms with Gasteiger partial charge in [0, 0.05) is 22.8 Å². The lowest BCUT2D eigenvalue weighted by Gasteiger charge is -2.36. The molecule has 0 spiro atoms. The van der Waals surface area contributed by atoms with Crippen LogP contribution in [0.3, 0.4) is 0 Å².